The quantitative estimate of drug-likeness (QED) is 0.770. The Morgan fingerprint density at radius 2 is 2.54 bits per heavy atom. The molecule has 0 fully saturated rings. The lowest BCUT2D eigenvalue weighted by Gasteiger charge is -2.09. The number of aromatic nitrogens is 2. The molecule has 0 amide bonds. The third kappa shape index (κ3) is 4.10. The summed E-state index contributed by atoms with van der Waals surface area (Å²) in [6.45, 7) is 3.17. The second-order valence-electron chi connectivity index (χ2n) is 2.86. The Morgan fingerprint density at radius 3 is 3.08 bits per heavy atom. The lowest BCUT2D eigenvalue weighted by atomic mass is 10.2. The van der Waals surface area contributed by atoms with Gasteiger partial charge in [-0.2, -0.15) is 11.8 Å². The summed E-state index contributed by atoms with van der Waals surface area (Å²) in [6.07, 6.45) is 2.12. The number of aromatic amines is 1. The van der Waals surface area contributed by atoms with E-state index in [0.717, 1.165) is 15.6 Å². The molecule has 0 aliphatic rings. The maximum atomic E-state index is 4.92. The van der Waals surface area contributed by atoms with E-state index >= 15 is 0 Å². The molecule has 0 aliphatic heterocycles. The standard InChI is InChI=1S/C7H13N3S3/c1-5(4-12-2)3-8-6-9-10-7(11)13-6/h5H,3-4H2,1-2H3,(H,8,9)(H,10,11). The Hall–Kier alpha value is -0.0700. The topological polar surface area (TPSA) is 40.7 Å². The summed E-state index contributed by atoms with van der Waals surface area (Å²) in [7, 11) is 0. The lowest BCUT2D eigenvalue weighted by molar-refractivity contribution is 0.700. The molecule has 0 radical (unpaired) electrons. The van der Waals surface area contributed by atoms with Gasteiger partial charge in [0.2, 0.25) is 5.13 Å². The highest BCUT2D eigenvalue weighted by atomic mass is 32.2. The van der Waals surface area contributed by atoms with Crippen LogP contribution in [0, 0.1) is 9.87 Å². The van der Waals surface area contributed by atoms with Crippen molar-refractivity contribution in [1.29, 1.82) is 0 Å². The molecule has 1 heterocycles. The molecule has 13 heavy (non-hydrogen) atoms. The van der Waals surface area contributed by atoms with Gasteiger partial charge in [-0.05, 0) is 30.1 Å². The molecule has 74 valence electrons. The maximum absolute atomic E-state index is 4.92. The molecule has 3 nitrogen and oxygen atoms in total. The van der Waals surface area contributed by atoms with E-state index in [4.69, 9.17) is 12.2 Å². The first-order valence-corrected chi connectivity index (χ1v) is 6.62. The zero-order valence-corrected chi connectivity index (χ0v) is 10.1. The van der Waals surface area contributed by atoms with Crippen LogP contribution >= 0.6 is 35.3 Å². The molecule has 1 unspecified atom stereocenters. The van der Waals surface area contributed by atoms with Crippen LogP contribution in [-0.4, -0.2) is 28.8 Å². The van der Waals surface area contributed by atoms with Gasteiger partial charge in [0.05, 0.1) is 0 Å². The van der Waals surface area contributed by atoms with Crippen molar-refractivity contribution in [2.75, 3.05) is 23.9 Å². The van der Waals surface area contributed by atoms with Gasteiger partial charge in [0.15, 0.2) is 3.95 Å². The van der Waals surface area contributed by atoms with Gasteiger partial charge in [0.25, 0.3) is 0 Å². The predicted octanol–water partition coefficient (Wildman–Crippen LogP) is 2.61. The van der Waals surface area contributed by atoms with Crippen LogP contribution in [0.15, 0.2) is 0 Å². The molecule has 1 aromatic rings. The summed E-state index contributed by atoms with van der Waals surface area (Å²) in [5, 5.41) is 10.9. The number of thioether (sulfide) groups is 1. The third-order valence-electron chi connectivity index (χ3n) is 1.49. The summed E-state index contributed by atoms with van der Waals surface area (Å²) < 4.78 is 0.722. The largest absolute Gasteiger partial charge is 0.360 e. The minimum Gasteiger partial charge on any atom is -0.360 e. The van der Waals surface area contributed by atoms with Crippen molar-refractivity contribution in [3.05, 3.63) is 3.95 Å². The minimum absolute atomic E-state index is 0.660. The van der Waals surface area contributed by atoms with E-state index in [1.54, 1.807) is 0 Å². The van der Waals surface area contributed by atoms with Gasteiger partial charge in [0, 0.05) is 6.54 Å². The minimum atomic E-state index is 0.660. The summed E-state index contributed by atoms with van der Waals surface area (Å²) in [6, 6.07) is 0. The first-order chi connectivity index (χ1) is 6.22. The molecule has 1 aromatic heterocycles. The first-order valence-electron chi connectivity index (χ1n) is 4.00. The van der Waals surface area contributed by atoms with Gasteiger partial charge in [-0.15, -0.1) is 5.10 Å². The number of nitrogens with one attached hydrogen (secondary N) is 2. The number of nitrogens with zero attached hydrogens (tertiary/aromatic N) is 1. The normalized spacial score (nSPS) is 12.8. The molecule has 0 saturated heterocycles. The van der Waals surface area contributed by atoms with E-state index in [9.17, 15) is 0 Å². The van der Waals surface area contributed by atoms with Gasteiger partial charge in [-0.3, -0.25) is 5.10 Å². The summed E-state index contributed by atoms with van der Waals surface area (Å²) >= 11 is 8.26. The highest BCUT2D eigenvalue weighted by Crippen LogP contribution is 2.12. The Bertz CT molecular complexity index is 293. The van der Waals surface area contributed by atoms with Crippen molar-refractivity contribution >= 4 is 40.4 Å². The van der Waals surface area contributed by atoms with Crippen LogP contribution in [0.5, 0.6) is 0 Å². The van der Waals surface area contributed by atoms with Crippen molar-refractivity contribution in [3.8, 4) is 0 Å². The average molecular weight is 235 g/mol. The molecular weight excluding hydrogens is 222 g/mol. The van der Waals surface area contributed by atoms with Gasteiger partial charge in [-0.25, -0.2) is 0 Å². The third-order valence-corrected chi connectivity index (χ3v) is 3.44. The molecule has 2 N–H and O–H groups in total. The Labute approximate surface area is 91.3 Å². The van der Waals surface area contributed by atoms with Crippen LogP contribution in [0.2, 0.25) is 0 Å². The zero-order valence-electron chi connectivity index (χ0n) is 7.66. The fourth-order valence-corrected chi connectivity index (χ4v) is 2.39. The molecule has 1 atom stereocenters. The highest BCUT2D eigenvalue weighted by molar-refractivity contribution is 7.98. The van der Waals surface area contributed by atoms with Crippen LogP contribution in [0.1, 0.15) is 6.92 Å². The van der Waals surface area contributed by atoms with Gasteiger partial charge in [0.1, 0.15) is 0 Å². The van der Waals surface area contributed by atoms with E-state index in [1.807, 2.05) is 11.8 Å². The number of hydrogen-bond acceptors (Lipinski definition) is 5. The van der Waals surface area contributed by atoms with Crippen LogP contribution in [-0.2, 0) is 0 Å². The van der Waals surface area contributed by atoms with E-state index in [0.29, 0.717) is 5.92 Å². The predicted molar refractivity (Wildman–Crippen MR) is 63.3 cm³/mol. The van der Waals surface area contributed by atoms with E-state index in [-0.39, 0.29) is 0 Å². The van der Waals surface area contributed by atoms with Crippen molar-refractivity contribution in [2.24, 2.45) is 5.92 Å². The maximum Gasteiger partial charge on any atom is 0.204 e. The molecular formula is C7H13N3S3. The number of hydrogen-bond donors (Lipinski definition) is 2. The van der Waals surface area contributed by atoms with E-state index in [1.165, 1.54) is 17.1 Å². The van der Waals surface area contributed by atoms with Gasteiger partial charge in [-0.1, -0.05) is 18.3 Å². The lowest BCUT2D eigenvalue weighted by Crippen LogP contribution is -2.12. The van der Waals surface area contributed by atoms with Crippen molar-refractivity contribution in [3.63, 3.8) is 0 Å². The van der Waals surface area contributed by atoms with Crippen molar-refractivity contribution in [1.82, 2.24) is 10.2 Å². The van der Waals surface area contributed by atoms with Crippen molar-refractivity contribution < 1.29 is 0 Å². The van der Waals surface area contributed by atoms with Crippen LogP contribution in [0.3, 0.4) is 0 Å². The van der Waals surface area contributed by atoms with E-state index < -0.39 is 0 Å². The Kier molecular flexibility index (Phi) is 4.76. The summed E-state index contributed by atoms with van der Waals surface area (Å²) in [5.74, 6) is 1.83. The molecule has 0 aromatic carbocycles. The number of H-pyrrole nitrogens is 1. The fraction of sp³-hybridized carbons (Fsp3) is 0.714. The van der Waals surface area contributed by atoms with Crippen LogP contribution < -0.4 is 5.32 Å². The molecule has 0 bridgehead atoms. The summed E-state index contributed by atoms with van der Waals surface area (Å²) in [5.41, 5.74) is 0. The summed E-state index contributed by atoms with van der Waals surface area (Å²) in [4.78, 5) is 0. The van der Waals surface area contributed by atoms with Gasteiger partial charge < -0.3 is 5.32 Å². The van der Waals surface area contributed by atoms with Crippen LogP contribution in [0.4, 0.5) is 5.13 Å². The number of rotatable bonds is 5. The first kappa shape index (κ1) is 11.0. The second kappa shape index (κ2) is 5.62. The van der Waals surface area contributed by atoms with Crippen LogP contribution in [0.25, 0.3) is 0 Å². The number of anilines is 1. The second-order valence-corrected chi connectivity index (χ2v) is 5.44. The zero-order chi connectivity index (χ0) is 9.68. The Balaban J connectivity index is 2.30. The van der Waals surface area contributed by atoms with E-state index in [2.05, 4.69) is 28.7 Å². The molecule has 1 rings (SSSR count). The Morgan fingerprint density at radius 1 is 1.77 bits per heavy atom. The molecule has 6 heteroatoms. The van der Waals surface area contributed by atoms with Crippen molar-refractivity contribution in [2.45, 2.75) is 6.92 Å². The SMILES string of the molecule is CSCC(C)CNc1n[nH]c(=S)s1. The highest BCUT2D eigenvalue weighted by Gasteiger charge is 2.02. The molecule has 0 aliphatic carbocycles. The van der Waals surface area contributed by atoms with Gasteiger partial charge >= 0.3 is 0 Å². The monoisotopic (exact) mass is 235 g/mol. The molecule has 0 saturated carbocycles. The average Bonchev–Trinajstić information content (AvgIpc) is 2.49. The smallest absolute Gasteiger partial charge is 0.204 e. The molecule has 0 spiro atoms. The fourth-order valence-electron chi connectivity index (χ4n) is 0.910.